The van der Waals surface area contributed by atoms with Gasteiger partial charge in [0.15, 0.2) is 0 Å². The molecule has 82 valence electrons. The number of cyclic esters (lactones) is 1. The summed E-state index contributed by atoms with van der Waals surface area (Å²) in [7, 11) is 0. The molecule has 3 rings (SSSR count). The highest BCUT2D eigenvalue weighted by Gasteiger charge is 2.45. The zero-order chi connectivity index (χ0) is 11.0. The topological polar surface area (TPSA) is 26.3 Å². The van der Waals surface area contributed by atoms with E-state index in [0.29, 0.717) is 11.8 Å². The van der Waals surface area contributed by atoms with E-state index in [2.05, 4.69) is 24.3 Å². The van der Waals surface area contributed by atoms with E-state index >= 15 is 0 Å². The minimum atomic E-state index is -0.185. The van der Waals surface area contributed by atoms with Crippen LogP contribution in [0.2, 0.25) is 0 Å². The Morgan fingerprint density at radius 3 is 2.75 bits per heavy atom. The molecule has 1 aromatic carbocycles. The van der Waals surface area contributed by atoms with Crippen molar-refractivity contribution in [1.29, 1.82) is 0 Å². The molecule has 1 heterocycles. The highest BCUT2D eigenvalue weighted by atomic mass is 16.5. The summed E-state index contributed by atoms with van der Waals surface area (Å²) >= 11 is 0. The number of carbonyl (C=O) groups is 1. The summed E-state index contributed by atoms with van der Waals surface area (Å²) in [5.41, 5.74) is 1.37. The molecule has 3 atom stereocenters. The first-order valence-electron chi connectivity index (χ1n) is 5.76. The summed E-state index contributed by atoms with van der Waals surface area (Å²) in [5.74, 6) is 0.928. The molecular weight excluding hydrogens is 200 g/mol. The lowest BCUT2D eigenvalue weighted by Crippen LogP contribution is -2.22. The second-order valence-electron chi connectivity index (χ2n) is 4.53. The minimum absolute atomic E-state index is 0.0997. The maximum absolute atomic E-state index is 11.1. The van der Waals surface area contributed by atoms with Crippen molar-refractivity contribution in [2.45, 2.75) is 24.9 Å². The number of rotatable bonds is 2. The third-order valence-electron chi connectivity index (χ3n) is 3.43. The summed E-state index contributed by atoms with van der Waals surface area (Å²) in [6.07, 6.45) is 5.57. The Morgan fingerprint density at radius 2 is 2.00 bits per heavy atom. The van der Waals surface area contributed by atoms with E-state index in [1.54, 1.807) is 0 Å². The Morgan fingerprint density at radius 1 is 1.19 bits per heavy atom. The van der Waals surface area contributed by atoms with Crippen molar-refractivity contribution in [2.75, 3.05) is 0 Å². The normalized spacial score (nSPS) is 32.2. The van der Waals surface area contributed by atoms with Crippen molar-refractivity contribution in [2.24, 2.45) is 5.92 Å². The van der Waals surface area contributed by atoms with E-state index < -0.39 is 0 Å². The van der Waals surface area contributed by atoms with Gasteiger partial charge in [0.2, 0.25) is 0 Å². The van der Waals surface area contributed by atoms with Gasteiger partial charge in [-0.15, -0.1) is 0 Å². The quantitative estimate of drug-likeness (QED) is 0.707. The van der Waals surface area contributed by atoms with Gasteiger partial charge in [-0.2, -0.15) is 0 Å². The lowest BCUT2D eigenvalue weighted by molar-refractivity contribution is -0.145. The molecule has 2 heteroatoms. The van der Waals surface area contributed by atoms with Crippen LogP contribution < -0.4 is 0 Å². The van der Waals surface area contributed by atoms with Gasteiger partial charge in [-0.05, 0) is 17.9 Å². The van der Waals surface area contributed by atoms with E-state index in [0.717, 1.165) is 12.8 Å². The second kappa shape index (κ2) is 3.78. The lowest BCUT2D eigenvalue weighted by Gasteiger charge is -2.18. The molecule has 1 saturated carbocycles. The molecule has 0 amide bonds. The Kier molecular flexibility index (Phi) is 2.28. The van der Waals surface area contributed by atoms with Gasteiger partial charge in [0, 0.05) is 18.4 Å². The SMILES string of the molecule is O=C1C=CC[C@H]([C@H]2C[C@@H]2c2ccccc2)O1. The molecule has 1 fully saturated rings. The summed E-state index contributed by atoms with van der Waals surface area (Å²) in [6, 6.07) is 10.5. The highest BCUT2D eigenvalue weighted by molar-refractivity contribution is 5.82. The van der Waals surface area contributed by atoms with Crippen LogP contribution in [-0.2, 0) is 9.53 Å². The number of hydrogen-bond donors (Lipinski definition) is 0. The predicted octanol–water partition coefficient (Wildman–Crippen LogP) is 2.66. The van der Waals surface area contributed by atoms with Gasteiger partial charge >= 0.3 is 5.97 Å². The van der Waals surface area contributed by atoms with Crippen LogP contribution in [0.3, 0.4) is 0 Å². The molecule has 0 aromatic heterocycles. The van der Waals surface area contributed by atoms with Crippen LogP contribution in [0.5, 0.6) is 0 Å². The average Bonchev–Trinajstić information content (AvgIpc) is 3.10. The zero-order valence-corrected chi connectivity index (χ0v) is 9.00. The van der Waals surface area contributed by atoms with E-state index in [4.69, 9.17) is 4.74 Å². The van der Waals surface area contributed by atoms with Crippen LogP contribution in [0.25, 0.3) is 0 Å². The van der Waals surface area contributed by atoms with Crippen LogP contribution in [0.1, 0.15) is 24.3 Å². The van der Waals surface area contributed by atoms with Gasteiger partial charge in [-0.25, -0.2) is 4.79 Å². The van der Waals surface area contributed by atoms with Crippen LogP contribution >= 0.6 is 0 Å². The van der Waals surface area contributed by atoms with Gasteiger partial charge in [0.25, 0.3) is 0 Å². The summed E-state index contributed by atoms with van der Waals surface area (Å²) in [6.45, 7) is 0. The van der Waals surface area contributed by atoms with Crippen molar-refractivity contribution < 1.29 is 9.53 Å². The van der Waals surface area contributed by atoms with Crippen LogP contribution in [-0.4, -0.2) is 12.1 Å². The lowest BCUT2D eigenvalue weighted by atomic mass is 10.0. The largest absolute Gasteiger partial charge is 0.459 e. The molecule has 0 spiro atoms. The van der Waals surface area contributed by atoms with Crippen molar-refractivity contribution >= 4 is 5.97 Å². The van der Waals surface area contributed by atoms with Crippen molar-refractivity contribution in [3.8, 4) is 0 Å². The van der Waals surface area contributed by atoms with E-state index in [9.17, 15) is 4.79 Å². The molecule has 0 saturated heterocycles. The molecular formula is C14H14O2. The average molecular weight is 214 g/mol. The summed E-state index contributed by atoms with van der Waals surface area (Å²) in [5, 5.41) is 0. The molecule has 0 N–H and O–H groups in total. The molecule has 0 bridgehead atoms. The van der Waals surface area contributed by atoms with Gasteiger partial charge in [-0.3, -0.25) is 0 Å². The first-order valence-corrected chi connectivity index (χ1v) is 5.76. The molecule has 0 radical (unpaired) electrons. The molecule has 2 aliphatic rings. The number of hydrogen-bond acceptors (Lipinski definition) is 2. The predicted molar refractivity (Wildman–Crippen MR) is 60.9 cm³/mol. The van der Waals surface area contributed by atoms with Crippen molar-refractivity contribution in [3.05, 3.63) is 48.0 Å². The maximum Gasteiger partial charge on any atom is 0.330 e. The molecule has 0 unspecified atom stereocenters. The standard InChI is InChI=1S/C14H14O2/c15-14-8-4-7-13(16-14)12-9-11(12)10-5-2-1-3-6-10/h1-6,8,11-13H,7,9H2/t11-,12+,13-/m1/s1. The molecule has 1 aliphatic carbocycles. The highest BCUT2D eigenvalue weighted by Crippen LogP contribution is 2.51. The first-order chi connectivity index (χ1) is 7.84. The van der Waals surface area contributed by atoms with E-state index in [1.807, 2.05) is 12.1 Å². The smallest absolute Gasteiger partial charge is 0.330 e. The van der Waals surface area contributed by atoms with Gasteiger partial charge < -0.3 is 4.74 Å². The van der Waals surface area contributed by atoms with E-state index in [1.165, 1.54) is 11.6 Å². The van der Waals surface area contributed by atoms with Crippen molar-refractivity contribution in [3.63, 3.8) is 0 Å². The molecule has 1 aliphatic heterocycles. The third-order valence-corrected chi connectivity index (χ3v) is 3.43. The fourth-order valence-corrected chi connectivity index (χ4v) is 2.51. The van der Waals surface area contributed by atoms with Gasteiger partial charge in [-0.1, -0.05) is 36.4 Å². The monoisotopic (exact) mass is 214 g/mol. The fourth-order valence-electron chi connectivity index (χ4n) is 2.51. The third kappa shape index (κ3) is 1.75. The second-order valence-corrected chi connectivity index (χ2v) is 4.53. The fraction of sp³-hybridized carbons (Fsp3) is 0.357. The number of esters is 1. The Balaban J connectivity index is 1.68. The Bertz CT molecular complexity index is 422. The molecule has 2 nitrogen and oxygen atoms in total. The Hall–Kier alpha value is -1.57. The van der Waals surface area contributed by atoms with Gasteiger partial charge in [0.1, 0.15) is 6.10 Å². The van der Waals surface area contributed by atoms with Gasteiger partial charge in [0.05, 0.1) is 0 Å². The maximum atomic E-state index is 11.1. The minimum Gasteiger partial charge on any atom is -0.459 e. The molecule has 16 heavy (non-hydrogen) atoms. The number of carbonyl (C=O) groups excluding carboxylic acids is 1. The zero-order valence-electron chi connectivity index (χ0n) is 9.00. The van der Waals surface area contributed by atoms with Crippen LogP contribution in [0.15, 0.2) is 42.5 Å². The number of ether oxygens (including phenoxy) is 1. The summed E-state index contributed by atoms with van der Waals surface area (Å²) in [4.78, 5) is 11.1. The van der Waals surface area contributed by atoms with Crippen molar-refractivity contribution in [1.82, 2.24) is 0 Å². The molecule has 1 aromatic rings. The summed E-state index contributed by atoms with van der Waals surface area (Å²) < 4.78 is 5.34. The number of benzene rings is 1. The van der Waals surface area contributed by atoms with Crippen LogP contribution in [0, 0.1) is 5.92 Å². The van der Waals surface area contributed by atoms with Crippen LogP contribution in [0.4, 0.5) is 0 Å². The first kappa shape index (κ1) is 9.64. The van der Waals surface area contributed by atoms with E-state index in [-0.39, 0.29) is 12.1 Å². The Labute approximate surface area is 94.9 Å².